The van der Waals surface area contributed by atoms with Crippen molar-refractivity contribution in [2.75, 3.05) is 6.54 Å². The molecule has 2 rings (SSSR count). The highest BCUT2D eigenvalue weighted by atomic mass is 79.9. The van der Waals surface area contributed by atoms with Crippen LogP contribution in [0.25, 0.3) is 0 Å². The summed E-state index contributed by atoms with van der Waals surface area (Å²) < 4.78 is 0.770. The maximum absolute atomic E-state index is 11.9. The van der Waals surface area contributed by atoms with Gasteiger partial charge in [-0.25, -0.2) is 0 Å². The molecule has 0 aliphatic heterocycles. The van der Waals surface area contributed by atoms with E-state index in [1.165, 1.54) is 11.3 Å². The second-order valence-electron chi connectivity index (χ2n) is 4.06. The van der Waals surface area contributed by atoms with Crippen molar-refractivity contribution in [1.82, 2.24) is 5.32 Å². The van der Waals surface area contributed by atoms with Crippen LogP contribution in [0.3, 0.4) is 0 Å². The van der Waals surface area contributed by atoms with Gasteiger partial charge in [0, 0.05) is 15.9 Å². The standard InChI is InChI=1S/C14H14BrNO2S/c15-11-5-2-1-4-10(11)14(18)16-8-7-12(17)13-6-3-9-19-13/h1-6,9,12,17H,7-8H2,(H,16,18). The summed E-state index contributed by atoms with van der Waals surface area (Å²) in [6.07, 6.45) is -0.00372. The van der Waals surface area contributed by atoms with Gasteiger partial charge in [-0.15, -0.1) is 11.3 Å². The van der Waals surface area contributed by atoms with E-state index in [4.69, 9.17) is 0 Å². The van der Waals surface area contributed by atoms with Gasteiger partial charge in [-0.05, 0) is 45.9 Å². The molecule has 0 aliphatic rings. The summed E-state index contributed by atoms with van der Waals surface area (Å²) in [5.41, 5.74) is 0.605. The van der Waals surface area contributed by atoms with Crippen LogP contribution in [0, 0.1) is 0 Å². The summed E-state index contributed by atoms with van der Waals surface area (Å²) in [4.78, 5) is 12.8. The number of halogens is 1. The minimum Gasteiger partial charge on any atom is -0.388 e. The van der Waals surface area contributed by atoms with Crippen molar-refractivity contribution in [3.8, 4) is 0 Å². The van der Waals surface area contributed by atoms with Gasteiger partial charge in [0.2, 0.25) is 0 Å². The summed E-state index contributed by atoms with van der Waals surface area (Å²) in [5.74, 6) is -0.133. The third kappa shape index (κ3) is 3.89. The van der Waals surface area contributed by atoms with E-state index in [9.17, 15) is 9.90 Å². The zero-order chi connectivity index (χ0) is 13.7. The Balaban J connectivity index is 1.83. The lowest BCUT2D eigenvalue weighted by Gasteiger charge is -2.10. The smallest absolute Gasteiger partial charge is 0.252 e. The largest absolute Gasteiger partial charge is 0.388 e. The summed E-state index contributed by atoms with van der Waals surface area (Å²) in [6, 6.07) is 11.1. The van der Waals surface area contributed by atoms with Crippen molar-refractivity contribution in [1.29, 1.82) is 0 Å². The van der Waals surface area contributed by atoms with Crippen LogP contribution in [0.5, 0.6) is 0 Å². The number of carbonyl (C=O) groups excluding carboxylic acids is 1. The zero-order valence-corrected chi connectivity index (χ0v) is 12.6. The molecular formula is C14H14BrNO2S. The first-order chi connectivity index (χ1) is 9.18. The SMILES string of the molecule is O=C(NCCC(O)c1cccs1)c1ccccc1Br. The Labute approximate surface area is 124 Å². The van der Waals surface area contributed by atoms with Crippen LogP contribution in [-0.2, 0) is 0 Å². The van der Waals surface area contributed by atoms with Gasteiger partial charge < -0.3 is 10.4 Å². The molecule has 5 heteroatoms. The molecule has 1 aromatic carbocycles. The van der Waals surface area contributed by atoms with Crippen LogP contribution in [0.4, 0.5) is 0 Å². The molecule has 0 aliphatic carbocycles. The van der Waals surface area contributed by atoms with E-state index in [0.717, 1.165) is 9.35 Å². The Bertz CT molecular complexity index is 542. The Hall–Kier alpha value is -1.17. The van der Waals surface area contributed by atoms with E-state index in [2.05, 4.69) is 21.2 Å². The predicted molar refractivity (Wildman–Crippen MR) is 80.4 cm³/mol. The average Bonchev–Trinajstić information content (AvgIpc) is 2.93. The van der Waals surface area contributed by atoms with Gasteiger partial charge in [0.1, 0.15) is 0 Å². The summed E-state index contributed by atoms with van der Waals surface area (Å²) in [7, 11) is 0. The zero-order valence-electron chi connectivity index (χ0n) is 10.2. The van der Waals surface area contributed by atoms with Crippen molar-refractivity contribution in [2.45, 2.75) is 12.5 Å². The molecule has 0 saturated heterocycles. The number of thiophene rings is 1. The Morgan fingerprint density at radius 3 is 2.79 bits per heavy atom. The monoisotopic (exact) mass is 339 g/mol. The molecule has 0 fully saturated rings. The molecule has 0 spiro atoms. The second kappa shape index (κ2) is 6.84. The predicted octanol–water partition coefficient (Wildman–Crippen LogP) is 3.36. The molecule has 3 nitrogen and oxygen atoms in total. The number of hydrogen-bond donors (Lipinski definition) is 2. The molecule has 0 saturated carbocycles. The van der Waals surface area contributed by atoms with Crippen LogP contribution >= 0.6 is 27.3 Å². The Kier molecular flexibility index (Phi) is 5.13. The van der Waals surface area contributed by atoms with E-state index >= 15 is 0 Å². The molecule has 0 radical (unpaired) electrons. The number of aliphatic hydroxyl groups excluding tert-OH is 1. The lowest BCUT2D eigenvalue weighted by atomic mass is 10.2. The van der Waals surface area contributed by atoms with Crippen molar-refractivity contribution in [2.24, 2.45) is 0 Å². The third-order valence-electron chi connectivity index (χ3n) is 2.69. The summed E-state index contributed by atoms with van der Waals surface area (Å²) in [5, 5.41) is 14.6. The third-order valence-corrected chi connectivity index (χ3v) is 4.36. The van der Waals surface area contributed by atoms with Crippen LogP contribution < -0.4 is 5.32 Å². The Morgan fingerprint density at radius 2 is 2.11 bits per heavy atom. The number of amides is 1. The first-order valence-electron chi connectivity index (χ1n) is 5.92. The van der Waals surface area contributed by atoms with E-state index in [1.807, 2.05) is 35.7 Å². The van der Waals surface area contributed by atoms with Gasteiger partial charge in [-0.2, -0.15) is 0 Å². The van der Waals surface area contributed by atoms with Crippen LogP contribution in [0.1, 0.15) is 27.8 Å². The molecule has 1 heterocycles. The normalized spacial score (nSPS) is 12.1. The Morgan fingerprint density at radius 1 is 1.32 bits per heavy atom. The van der Waals surface area contributed by atoms with Crippen molar-refractivity contribution in [3.05, 3.63) is 56.7 Å². The number of nitrogens with one attached hydrogen (secondary N) is 1. The summed E-state index contributed by atoms with van der Waals surface area (Å²) in [6.45, 7) is 0.444. The topological polar surface area (TPSA) is 49.3 Å². The minimum atomic E-state index is -0.514. The molecule has 1 unspecified atom stereocenters. The van der Waals surface area contributed by atoms with Gasteiger partial charge in [0.05, 0.1) is 11.7 Å². The fraction of sp³-hybridized carbons (Fsp3) is 0.214. The fourth-order valence-corrected chi connectivity index (χ4v) is 2.90. The minimum absolute atomic E-state index is 0.133. The number of carbonyl (C=O) groups is 1. The molecule has 2 N–H and O–H groups in total. The van der Waals surface area contributed by atoms with Crippen molar-refractivity contribution >= 4 is 33.2 Å². The maximum atomic E-state index is 11.9. The van der Waals surface area contributed by atoms with E-state index in [-0.39, 0.29) is 5.91 Å². The van der Waals surface area contributed by atoms with Crippen LogP contribution in [-0.4, -0.2) is 17.6 Å². The van der Waals surface area contributed by atoms with Gasteiger partial charge in [0.15, 0.2) is 0 Å². The van der Waals surface area contributed by atoms with Crippen molar-refractivity contribution in [3.63, 3.8) is 0 Å². The highest BCUT2D eigenvalue weighted by molar-refractivity contribution is 9.10. The molecule has 2 aromatic rings. The van der Waals surface area contributed by atoms with Gasteiger partial charge in [-0.1, -0.05) is 18.2 Å². The second-order valence-corrected chi connectivity index (χ2v) is 5.89. The number of benzene rings is 1. The maximum Gasteiger partial charge on any atom is 0.252 e. The molecule has 1 aromatic heterocycles. The summed E-state index contributed by atoms with van der Waals surface area (Å²) >= 11 is 4.86. The van der Waals surface area contributed by atoms with E-state index in [1.54, 1.807) is 6.07 Å². The van der Waals surface area contributed by atoms with Gasteiger partial charge >= 0.3 is 0 Å². The highest BCUT2D eigenvalue weighted by Crippen LogP contribution is 2.21. The average molecular weight is 340 g/mol. The number of rotatable bonds is 5. The first-order valence-corrected chi connectivity index (χ1v) is 7.60. The lowest BCUT2D eigenvalue weighted by molar-refractivity contribution is 0.0942. The van der Waals surface area contributed by atoms with Gasteiger partial charge in [0.25, 0.3) is 5.91 Å². The molecule has 100 valence electrons. The fourth-order valence-electron chi connectivity index (χ4n) is 1.69. The number of aliphatic hydroxyl groups is 1. The quantitative estimate of drug-likeness (QED) is 0.877. The van der Waals surface area contributed by atoms with E-state index in [0.29, 0.717) is 18.5 Å². The van der Waals surface area contributed by atoms with Crippen molar-refractivity contribution < 1.29 is 9.90 Å². The molecule has 19 heavy (non-hydrogen) atoms. The molecule has 1 amide bonds. The van der Waals surface area contributed by atoms with Crippen LogP contribution in [0.2, 0.25) is 0 Å². The lowest BCUT2D eigenvalue weighted by Crippen LogP contribution is -2.25. The molecule has 0 bridgehead atoms. The van der Waals surface area contributed by atoms with Gasteiger partial charge in [-0.3, -0.25) is 4.79 Å². The first kappa shape index (κ1) is 14.2. The molecular weight excluding hydrogens is 326 g/mol. The van der Waals surface area contributed by atoms with Crippen LogP contribution in [0.15, 0.2) is 46.3 Å². The molecule has 1 atom stereocenters. The van der Waals surface area contributed by atoms with E-state index < -0.39 is 6.10 Å². The number of hydrogen-bond acceptors (Lipinski definition) is 3. The highest BCUT2D eigenvalue weighted by Gasteiger charge is 2.11.